The summed E-state index contributed by atoms with van der Waals surface area (Å²) in [6.45, 7) is 7.88. The highest BCUT2D eigenvalue weighted by Gasteiger charge is 2.23. The minimum absolute atomic E-state index is 0.625. The molecular weight excluding hydrogens is 260 g/mol. The van der Waals surface area contributed by atoms with Crippen LogP contribution in [0.5, 0.6) is 0 Å². The molecule has 1 aliphatic heterocycles. The van der Waals surface area contributed by atoms with Crippen LogP contribution in [0.15, 0.2) is 36.5 Å². The lowest BCUT2D eigenvalue weighted by Crippen LogP contribution is -2.34. The van der Waals surface area contributed by atoms with Crippen LogP contribution >= 0.6 is 0 Å². The van der Waals surface area contributed by atoms with Crippen LogP contribution in [0, 0.1) is 0 Å². The second-order valence-corrected chi connectivity index (χ2v) is 6.12. The summed E-state index contributed by atoms with van der Waals surface area (Å²) in [7, 11) is 0. The van der Waals surface area contributed by atoms with E-state index in [9.17, 15) is 0 Å². The SMILES string of the molecule is CC(C)N1CCC(NCc2ccc(-c3ccn[nH]3)cc2)C1. The quantitative estimate of drug-likeness (QED) is 0.887. The molecule has 1 atom stereocenters. The number of rotatable bonds is 5. The van der Waals surface area contributed by atoms with Crippen LogP contribution in [0.25, 0.3) is 11.3 Å². The molecule has 4 heteroatoms. The first-order valence-electron chi connectivity index (χ1n) is 7.78. The van der Waals surface area contributed by atoms with Crippen LogP contribution in [0.1, 0.15) is 25.8 Å². The topological polar surface area (TPSA) is 44.0 Å². The smallest absolute Gasteiger partial charge is 0.0650 e. The molecule has 1 unspecified atom stereocenters. The van der Waals surface area contributed by atoms with E-state index in [-0.39, 0.29) is 0 Å². The third-order valence-corrected chi connectivity index (χ3v) is 4.31. The van der Waals surface area contributed by atoms with Gasteiger partial charge in [-0.1, -0.05) is 24.3 Å². The van der Waals surface area contributed by atoms with Gasteiger partial charge in [0.1, 0.15) is 0 Å². The molecule has 112 valence electrons. The summed E-state index contributed by atoms with van der Waals surface area (Å²) in [5.74, 6) is 0. The van der Waals surface area contributed by atoms with Crippen molar-refractivity contribution in [2.45, 2.75) is 38.9 Å². The fourth-order valence-electron chi connectivity index (χ4n) is 2.90. The molecule has 0 spiro atoms. The highest BCUT2D eigenvalue weighted by molar-refractivity contribution is 5.58. The van der Waals surface area contributed by atoms with Gasteiger partial charge in [-0.2, -0.15) is 5.10 Å². The molecule has 1 aliphatic rings. The molecule has 4 nitrogen and oxygen atoms in total. The maximum atomic E-state index is 3.99. The Bertz CT molecular complexity index is 545. The molecule has 21 heavy (non-hydrogen) atoms. The monoisotopic (exact) mass is 284 g/mol. The van der Waals surface area contributed by atoms with Crippen LogP contribution < -0.4 is 5.32 Å². The molecule has 2 heterocycles. The van der Waals surface area contributed by atoms with Gasteiger partial charge in [0.05, 0.1) is 5.69 Å². The maximum absolute atomic E-state index is 3.99. The molecule has 0 radical (unpaired) electrons. The predicted molar refractivity (Wildman–Crippen MR) is 86.0 cm³/mol. The van der Waals surface area contributed by atoms with Crippen molar-refractivity contribution in [2.24, 2.45) is 0 Å². The zero-order valence-electron chi connectivity index (χ0n) is 12.8. The summed E-state index contributed by atoms with van der Waals surface area (Å²) in [5.41, 5.74) is 3.59. The average Bonchev–Trinajstić information content (AvgIpc) is 3.17. The first-order valence-corrected chi connectivity index (χ1v) is 7.78. The van der Waals surface area contributed by atoms with Gasteiger partial charge in [0.25, 0.3) is 0 Å². The summed E-state index contributed by atoms with van der Waals surface area (Å²) in [6, 6.07) is 12.0. The molecule has 0 aliphatic carbocycles. The lowest BCUT2D eigenvalue weighted by Gasteiger charge is -2.20. The Morgan fingerprint density at radius 3 is 2.71 bits per heavy atom. The number of nitrogens with one attached hydrogen (secondary N) is 2. The predicted octanol–water partition coefficient (Wildman–Crippen LogP) is 2.65. The lowest BCUT2D eigenvalue weighted by molar-refractivity contribution is 0.268. The van der Waals surface area contributed by atoms with E-state index in [2.05, 4.69) is 58.5 Å². The van der Waals surface area contributed by atoms with Crippen LogP contribution in [0.4, 0.5) is 0 Å². The number of hydrogen-bond acceptors (Lipinski definition) is 3. The fourth-order valence-corrected chi connectivity index (χ4v) is 2.90. The first-order chi connectivity index (χ1) is 10.2. The minimum Gasteiger partial charge on any atom is -0.309 e. The van der Waals surface area contributed by atoms with E-state index < -0.39 is 0 Å². The van der Waals surface area contributed by atoms with Crippen LogP contribution in [0.3, 0.4) is 0 Å². The van der Waals surface area contributed by atoms with Crippen LogP contribution in [-0.4, -0.2) is 40.3 Å². The summed E-state index contributed by atoms with van der Waals surface area (Å²) >= 11 is 0. The molecule has 0 amide bonds. The Morgan fingerprint density at radius 1 is 1.29 bits per heavy atom. The largest absolute Gasteiger partial charge is 0.309 e. The number of H-pyrrole nitrogens is 1. The molecule has 1 aromatic heterocycles. The van der Waals surface area contributed by atoms with Crippen molar-refractivity contribution in [3.8, 4) is 11.3 Å². The number of hydrogen-bond donors (Lipinski definition) is 2. The molecule has 0 saturated carbocycles. The van der Waals surface area contributed by atoms with E-state index in [1.165, 1.54) is 30.6 Å². The van der Waals surface area contributed by atoms with Gasteiger partial charge in [0.15, 0.2) is 0 Å². The van der Waals surface area contributed by atoms with E-state index in [0.717, 1.165) is 12.2 Å². The third-order valence-electron chi connectivity index (χ3n) is 4.31. The summed E-state index contributed by atoms with van der Waals surface area (Å²) in [4.78, 5) is 2.54. The molecule has 2 N–H and O–H groups in total. The molecule has 0 bridgehead atoms. The van der Waals surface area contributed by atoms with Crippen molar-refractivity contribution >= 4 is 0 Å². The van der Waals surface area contributed by atoms with Crippen molar-refractivity contribution in [1.82, 2.24) is 20.4 Å². The van der Waals surface area contributed by atoms with Crippen molar-refractivity contribution in [2.75, 3.05) is 13.1 Å². The number of nitrogens with zero attached hydrogens (tertiary/aromatic N) is 2. The number of likely N-dealkylation sites (tertiary alicyclic amines) is 1. The second kappa shape index (κ2) is 6.41. The number of aromatic amines is 1. The van der Waals surface area contributed by atoms with E-state index in [1.807, 2.05) is 6.07 Å². The van der Waals surface area contributed by atoms with Gasteiger partial charge < -0.3 is 5.32 Å². The zero-order valence-corrected chi connectivity index (χ0v) is 12.8. The van der Waals surface area contributed by atoms with Gasteiger partial charge in [-0.15, -0.1) is 0 Å². The highest BCUT2D eigenvalue weighted by atomic mass is 15.2. The standard InChI is InChI=1S/C17H24N4/c1-13(2)21-10-8-16(12-21)18-11-14-3-5-15(6-4-14)17-7-9-19-20-17/h3-7,9,13,16,18H,8,10-12H2,1-2H3,(H,19,20). The first kappa shape index (κ1) is 14.3. The Morgan fingerprint density at radius 2 is 2.10 bits per heavy atom. The molecular formula is C17H24N4. The van der Waals surface area contributed by atoms with Gasteiger partial charge in [-0.25, -0.2) is 0 Å². The Balaban J connectivity index is 1.52. The van der Waals surface area contributed by atoms with Gasteiger partial charge in [-0.3, -0.25) is 10.00 Å². The molecule has 3 rings (SSSR count). The van der Waals surface area contributed by atoms with Gasteiger partial charge >= 0.3 is 0 Å². The fraction of sp³-hybridized carbons (Fsp3) is 0.471. The third kappa shape index (κ3) is 3.52. The maximum Gasteiger partial charge on any atom is 0.0650 e. The van der Waals surface area contributed by atoms with Crippen LogP contribution in [0.2, 0.25) is 0 Å². The summed E-state index contributed by atoms with van der Waals surface area (Å²) in [6.07, 6.45) is 3.04. The minimum atomic E-state index is 0.625. The molecule has 2 aromatic rings. The van der Waals surface area contributed by atoms with Gasteiger partial charge in [0.2, 0.25) is 0 Å². The Kier molecular flexibility index (Phi) is 4.36. The van der Waals surface area contributed by atoms with Crippen molar-refractivity contribution in [3.63, 3.8) is 0 Å². The second-order valence-electron chi connectivity index (χ2n) is 6.12. The summed E-state index contributed by atoms with van der Waals surface area (Å²) in [5, 5.41) is 10.7. The Hall–Kier alpha value is -1.65. The zero-order chi connectivity index (χ0) is 14.7. The van der Waals surface area contributed by atoms with Crippen molar-refractivity contribution < 1.29 is 0 Å². The van der Waals surface area contributed by atoms with Crippen molar-refractivity contribution in [3.05, 3.63) is 42.1 Å². The molecule has 1 aromatic carbocycles. The van der Waals surface area contributed by atoms with E-state index in [4.69, 9.17) is 0 Å². The van der Waals surface area contributed by atoms with Crippen molar-refractivity contribution in [1.29, 1.82) is 0 Å². The Labute approximate surface area is 126 Å². The molecule has 1 fully saturated rings. The number of aromatic nitrogens is 2. The lowest BCUT2D eigenvalue weighted by atomic mass is 10.1. The average molecular weight is 284 g/mol. The number of benzene rings is 1. The van der Waals surface area contributed by atoms with E-state index >= 15 is 0 Å². The van der Waals surface area contributed by atoms with Gasteiger partial charge in [0, 0.05) is 31.4 Å². The summed E-state index contributed by atoms with van der Waals surface area (Å²) < 4.78 is 0. The van der Waals surface area contributed by atoms with E-state index in [1.54, 1.807) is 6.20 Å². The van der Waals surface area contributed by atoms with Gasteiger partial charge in [-0.05, 0) is 44.0 Å². The molecule has 1 saturated heterocycles. The van der Waals surface area contributed by atoms with E-state index in [0.29, 0.717) is 12.1 Å². The highest BCUT2D eigenvalue weighted by Crippen LogP contribution is 2.17. The normalized spacial score (nSPS) is 19.5. The van der Waals surface area contributed by atoms with Crippen LogP contribution in [-0.2, 0) is 6.54 Å².